The van der Waals surface area contributed by atoms with Gasteiger partial charge in [0.2, 0.25) is 0 Å². The van der Waals surface area contributed by atoms with Gasteiger partial charge in [0.15, 0.2) is 0 Å². The molecule has 0 atom stereocenters. The van der Waals surface area contributed by atoms with Crippen LogP contribution in [0, 0.1) is 0 Å². The highest BCUT2D eigenvalue weighted by Gasteiger charge is 2.05. The largest absolute Gasteiger partial charge is 0.267 e. The number of allylic oxidation sites excluding steroid dienone is 15. The minimum Gasteiger partial charge on any atom is -0.266 e. The summed E-state index contributed by atoms with van der Waals surface area (Å²) >= 11 is 0. The van der Waals surface area contributed by atoms with E-state index in [0.717, 1.165) is 82.6 Å². The normalized spacial score (nSPS) is 14.7. The van der Waals surface area contributed by atoms with Crippen LogP contribution in [0.5, 0.6) is 0 Å². The van der Waals surface area contributed by atoms with Crippen molar-refractivity contribution in [3.05, 3.63) is 93.2 Å². The lowest BCUT2D eigenvalue weighted by Gasteiger charge is -2.04. The minimum atomic E-state index is -3.37. The first-order valence-corrected chi connectivity index (χ1v) is 19.4. The SMILES string of the molecule is CCS(=O)(=O)OC/C=C(\C)CC/C=C(\C)CCC=C(C)CCC=C(C)CCC=C(C)CCC=C(C)CCC=C(C)CCC=C(C)C. The van der Waals surface area contributed by atoms with Gasteiger partial charge >= 0.3 is 0 Å². The first kappa shape index (κ1) is 43.8. The predicted molar refractivity (Wildman–Crippen MR) is 206 cm³/mol. The number of rotatable bonds is 25. The Kier molecular flexibility index (Phi) is 25.6. The maximum absolute atomic E-state index is 11.4. The van der Waals surface area contributed by atoms with Gasteiger partial charge in [-0.15, -0.1) is 0 Å². The average molecular weight is 655 g/mol. The molecule has 0 aliphatic heterocycles. The van der Waals surface area contributed by atoms with Crippen LogP contribution in [0.1, 0.15) is 159 Å². The first-order valence-electron chi connectivity index (χ1n) is 17.8. The molecule has 0 rings (SSSR count). The van der Waals surface area contributed by atoms with Gasteiger partial charge in [0, 0.05) is 0 Å². The van der Waals surface area contributed by atoms with Crippen LogP contribution in [0.2, 0.25) is 0 Å². The van der Waals surface area contributed by atoms with E-state index in [2.05, 4.69) is 97.9 Å². The van der Waals surface area contributed by atoms with Gasteiger partial charge in [-0.05, 0) is 159 Å². The van der Waals surface area contributed by atoms with Gasteiger partial charge in [0.1, 0.15) is 0 Å². The lowest BCUT2D eigenvalue weighted by Crippen LogP contribution is -2.08. The summed E-state index contributed by atoms with van der Waals surface area (Å²) < 4.78 is 27.7. The predicted octanol–water partition coefficient (Wildman–Crippen LogP) is 13.4. The fraction of sp³-hybridized carbons (Fsp3) is 0.619. The number of hydrogen-bond donors (Lipinski definition) is 0. The maximum Gasteiger partial charge on any atom is 0.267 e. The van der Waals surface area contributed by atoms with E-state index in [1.165, 1.54) is 51.9 Å². The van der Waals surface area contributed by atoms with E-state index >= 15 is 0 Å². The van der Waals surface area contributed by atoms with E-state index in [1.807, 2.05) is 13.0 Å². The van der Waals surface area contributed by atoms with Crippen LogP contribution in [0.25, 0.3) is 0 Å². The maximum atomic E-state index is 11.4. The molecule has 262 valence electrons. The molecule has 0 fully saturated rings. The fourth-order valence-corrected chi connectivity index (χ4v) is 5.39. The molecule has 0 N–H and O–H groups in total. The molecule has 0 bridgehead atoms. The monoisotopic (exact) mass is 655 g/mol. The molecule has 0 amide bonds. The highest BCUT2D eigenvalue weighted by atomic mass is 32.2. The van der Waals surface area contributed by atoms with Gasteiger partial charge in [-0.25, -0.2) is 0 Å². The summed E-state index contributed by atoms with van der Waals surface area (Å²) in [7, 11) is -3.37. The molecule has 0 aromatic carbocycles. The summed E-state index contributed by atoms with van der Waals surface area (Å²) in [6.07, 6.45) is 34.2. The van der Waals surface area contributed by atoms with Gasteiger partial charge in [-0.2, -0.15) is 8.42 Å². The van der Waals surface area contributed by atoms with Crippen LogP contribution in [-0.2, 0) is 14.3 Å². The standard InChI is InChI=1S/C42H70O3S/c1-11-46(43,44)45-34-33-42(10)32-18-31-41(9)30-17-29-40(8)28-16-27-39(7)26-15-25-38(6)24-14-23-37(5)22-13-21-36(4)20-12-19-35(2)3/h19,21,23,25,27,29,31,33H,11-18,20,22,24,26,28,30,32,34H2,1-10H3/b36-21?,37-23?,38-25?,39-27?,40-29?,41-31+,42-33+. The summed E-state index contributed by atoms with van der Waals surface area (Å²) in [6, 6.07) is 0. The summed E-state index contributed by atoms with van der Waals surface area (Å²) in [5.74, 6) is 0.0130. The van der Waals surface area contributed by atoms with Gasteiger partial charge < -0.3 is 0 Å². The highest BCUT2D eigenvalue weighted by molar-refractivity contribution is 7.86. The lowest BCUT2D eigenvalue weighted by molar-refractivity contribution is 0.357. The molecule has 0 spiro atoms. The molecule has 0 saturated carbocycles. The van der Waals surface area contributed by atoms with E-state index in [0.29, 0.717) is 0 Å². The first-order chi connectivity index (χ1) is 21.7. The molecule has 0 radical (unpaired) electrons. The topological polar surface area (TPSA) is 43.4 Å². The Labute approximate surface area is 286 Å². The summed E-state index contributed by atoms with van der Waals surface area (Å²) in [5.41, 5.74) is 11.5. The van der Waals surface area contributed by atoms with E-state index in [9.17, 15) is 8.42 Å². The second-order valence-corrected chi connectivity index (χ2v) is 15.5. The smallest absolute Gasteiger partial charge is 0.266 e. The molecule has 46 heavy (non-hydrogen) atoms. The van der Waals surface area contributed by atoms with Gasteiger partial charge in [-0.1, -0.05) is 93.2 Å². The average Bonchev–Trinajstić information content (AvgIpc) is 2.97. The molecule has 0 aromatic heterocycles. The van der Waals surface area contributed by atoms with Crippen molar-refractivity contribution >= 4 is 10.1 Å². The Hall–Kier alpha value is -2.17. The van der Waals surface area contributed by atoms with Crippen molar-refractivity contribution < 1.29 is 12.6 Å². The van der Waals surface area contributed by atoms with Crippen molar-refractivity contribution in [3.63, 3.8) is 0 Å². The molecule has 0 aromatic rings. The molecular formula is C42H70O3S. The molecular weight excluding hydrogens is 585 g/mol. The van der Waals surface area contributed by atoms with Crippen molar-refractivity contribution in [2.45, 2.75) is 159 Å². The van der Waals surface area contributed by atoms with Crippen LogP contribution in [-0.4, -0.2) is 20.8 Å². The third-order valence-corrected chi connectivity index (χ3v) is 9.52. The third-order valence-electron chi connectivity index (χ3n) is 8.31. The lowest BCUT2D eigenvalue weighted by atomic mass is 10.0. The summed E-state index contributed by atoms with van der Waals surface area (Å²) in [4.78, 5) is 0. The van der Waals surface area contributed by atoms with E-state index in [-0.39, 0.29) is 12.4 Å². The van der Waals surface area contributed by atoms with Crippen molar-refractivity contribution in [2.24, 2.45) is 0 Å². The molecule has 4 heteroatoms. The van der Waals surface area contributed by atoms with Gasteiger partial charge in [0.05, 0.1) is 12.4 Å². The van der Waals surface area contributed by atoms with E-state index < -0.39 is 10.1 Å². The van der Waals surface area contributed by atoms with Crippen LogP contribution >= 0.6 is 0 Å². The van der Waals surface area contributed by atoms with Gasteiger partial charge in [0.25, 0.3) is 10.1 Å². The van der Waals surface area contributed by atoms with E-state index in [1.54, 1.807) is 6.92 Å². The molecule has 0 saturated heterocycles. The molecule has 0 aliphatic rings. The molecule has 3 nitrogen and oxygen atoms in total. The van der Waals surface area contributed by atoms with Crippen molar-refractivity contribution in [1.82, 2.24) is 0 Å². The highest BCUT2D eigenvalue weighted by Crippen LogP contribution is 2.17. The van der Waals surface area contributed by atoms with Crippen LogP contribution in [0.4, 0.5) is 0 Å². The Morgan fingerprint density at radius 3 is 0.891 bits per heavy atom. The van der Waals surface area contributed by atoms with Gasteiger partial charge in [-0.3, -0.25) is 4.18 Å². The van der Waals surface area contributed by atoms with Crippen molar-refractivity contribution in [1.29, 1.82) is 0 Å². The third kappa shape index (κ3) is 28.1. The zero-order valence-electron chi connectivity index (χ0n) is 31.6. The zero-order valence-corrected chi connectivity index (χ0v) is 32.4. The summed E-state index contributed by atoms with van der Waals surface area (Å²) in [6.45, 7) is 21.7. The molecule has 0 heterocycles. The summed E-state index contributed by atoms with van der Waals surface area (Å²) in [5, 5.41) is 0. The fourth-order valence-electron chi connectivity index (χ4n) is 4.94. The van der Waals surface area contributed by atoms with Crippen molar-refractivity contribution in [2.75, 3.05) is 12.4 Å². The Morgan fingerprint density at radius 2 is 0.652 bits per heavy atom. The van der Waals surface area contributed by atoms with E-state index in [4.69, 9.17) is 4.18 Å². The van der Waals surface area contributed by atoms with Crippen LogP contribution in [0.15, 0.2) is 93.2 Å². The Balaban J connectivity index is 4.23. The second kappa shape index (κ2) is 26.9. The second-order valence-electron chi connectivity index (χ2n) is 13.5. The van der Waals surface area contributed by atoms with Crippen LogP contribution < -0.4 is 0 Å². The van der Waals surface area contributed by atoms with Crippen LogP contribution in [0.3, 0.4) is 0 Å². The zero-order chi connectivity index (χ0) is 34.8. The molecule has 0 unspecified atom stereocenters. The number of hydrogen-bond acceptors (Lipinski definition) is 3. The Bertz CT molecular complexity index is 1210. The van der Waals surface area contributed by atoms with Crippen molar-refractivity contribution in [3.8, 4) is 0 Å². The Morgan fingerprint density at radius 1 is 0.413 bits per heavy atom. The minimum absolute atomic E-state index is 0.0130. The quantitative estimate of drug-likeness (QED) is 0.0727. The molecule has 0 aliphatic carbocycles.